The molecule has 2 aliphatic rings. The topological polar surface area (TPSA) is 0 Å². The van der Waals surface area contributed by atoms with Crippen molar-refractivity contribution < 1.29 is 0 Å². The van der Waals surface area contributed by atoms with E-state index in [1.54, 1.807) is 0 Å². The van der Waals surface area contributed by atoms with Gasteiger partial charge in [-0.3, -0.25) is 0 Å². The van der Waals surface area contributed by atoms with Crippen LogP contribution in [0.4, 0.5) is 0 Å². The van der Waals surface area contributed by atoms with Crippen LogP contribution >= 0.6 is 8.58 Å². The van der Waals surface area contributed by atoms with Gasteiger partial charge >= 0.3 is 0 Å². The first-order valence-corrected chi connectivity index (χ1v) is 9.68. The van der Waals surface area contributed by atoms with Crippen molar-refractivity contribution in [1.82, 2.24) is 0 Å². The van der Waals surface area contributed by atoms with Crippen molar-refractivity contribution in [3.8, 4) is 0 Å². The molecule has 0 aromatic rings. The second-order valence-corrected chi connectivity index (χ2v) is 8.26. The van der Waals surface area contributed by atoms with Gasteiger partial charge in [-0.15, -0.1) is 0 Å². The maximum Gasteiger partial charge on any atom is -0.0168 e. The Labute approximate surface area is 116 Å². The number of hydrogen-bond acceptors (Lipinski definition) is 0. The summed E-state index contributed by atoms with van der Waals surface area (Å²) in [6.45, 7) is 0. The summed E-state index contributed by atoms with van der Waals surface area (Å²) in [6, 6.07) is 0. The Hall–Kier alpha value is 0.430. The minimum absolute atomic E-state index is 1.06. The van der Waals surface area contributed by atoms with Crippen LogP contribution < -0.4 is 0 Å². The Balaban J connectivity index is 1.73. The van der Waals surface area contributed by atoms with E-state index in [0.29, 0.717) is 0 Å². The van der Waals surface area contributed by atoms with Crippen LogP contribution in [0.3, 0.4) is 0 Å². The lowest BCUT2D eigenvalue weighted by Gasteiger charge is -2.24. The lowest BCUT2D eigenvalue weighted by atomic mass is 10.0. The summed E-state index contributed by atoms with van der Waals surface area (Å²) < 4.78 is 0. The predicted octanol–water partition coefficient (Wildman–Crippen LogP) is 6.55. The fraction of sp³-hybridized carbons (Fsp3) is 1.00. The van der Waals surface area contributed by atoms with Gasteiger partial charge in [-0.25, -0.2) is 0 Å². The zero-order chi connectivity index (χ0) is 12.5. The van der Waals surface area contributed by atoms with Crippen LogP contribution in [-0.2, 0) is 0 Å². The summed E-state index contributed by atoms with van der Waals surface area (Å²) in [7, 11) is 1.85. The van der Waals surface area contributed by atoms with E-state index in [-0.39, 0.29) is 0 Å². The molecule has 18 heavy (non-hydrogen) atoms. The summed E-state index contributed by atoms with van der Waals surface area (Å²) >= 11 is 0. The molecular formula is C17H32P. The van der Waals surface area contributed by atoms with E-state index in [1.807, 2.05) is 8.58 Å². The van der Waals surface area contributed by atoms with E-state index in [1.165, 1.54) is 96.3 Å². The minimum Gasteiger partial charge on any atom is -0.0741 e. The molecule has 2 saturated carbocycles. The van der Waals surface area contributed by atoms with Crippen LogP contribution in [0.2, 0.25) is 0 Å². The lowest BCUT2D eigenvalue weighted by Crippen LogP contribution is -2.11. The van der Waals surface area contributed by atoms with Crippen LogP contribution in [0, 0.1) is 0 Å². The van der Waals surface area contributed by atoms with Crippen molar-refractivity contribution in [2.24, 2.45) is 0 Å². The predicted molar refractivity (Wildman–Crippen MR) is 83.8 cm³/mol. The van der Waals surface area contributed by atoms with Gasteiger partial charge in [-0.2, -0.15) is 0 Å². The van der Waals surface area contributed by atoms with Crippen LogP contribution in [0.5, 0.6) is 0 Å². The highest BCUT2D eigenvalue weighted by atomic mass is 31.1. The quantitative estimate of drug-likeness (QED) is 0.498. The monoisotopic (exact) mass is 267 g/mol. The molecule has 0 aromatic heterocycles. The molecule has 0 aromatic carbocycles. The molecule has 1 radical (unpaired) electrons. The second-order valence-electron chi connectivity index (χ2n) is 6.50. The third-order valence-corrected chi connectivity index (χ3v) is 6.70. The fourth-order valence-corrected chi connectivity index (χ4v) is 5.57. The van der Waals surface area contributed by atoms with E-state index in [0.717, 1.165) is 11.3 Å². The van der Waals surface area contributed by atoms with Crippen LogP contribution in [-0.4, -0.2) is 11.3 Å². The van der Waals surface area contributed by atoms with Gasteiger partial charge < -0.3 is 0 Å². The molecule has 0 N–H and O–H groups in total. The van der Waals surface area contributed by atoms with Crippen LogP contribution in [0.25, 0.3) is 0 Å². The van der Waals surface area contributed by atoms with E-state index >= 15 is 0 Å². The molecule has 0 amide bonds. The molecule has 0 nitrogen and oxygen atoms in total. The Bertz CT molecular complexity index is 184. The van der Waals surface area contributed by atoms with Gasteiger partial charge in [-0.05, 0) is 37.0 Å². The van der Waals surface area contributed by atoms with Crippen molar-refractivity contribution in [1.29, 1.82) is 0 Å². The molecular weight excluding hydrogens is 235 g/mol. The molecule has 1 heteroatoms. The van der Waals surface area contributed by atoms with Crippen molar-refractivity contribution in [2.45, 2.75) is 108 Å². The zero-order valence-corrected chi connectivity index (χ0v) is 13.1. The van der Waals surface area contributed by atoms with Gasteiger partial charge in [0.15, 0.2) is 0 Å². The SMILES string of the molecule is C1CCCCC([P]C2CCCCCCC2)CCC1. The molecule has 2 rings (SSSR count). The van der Waals surface area contributed by atoms with Crippen molar-refractivity contribution in [2.75, 3.05) is 0 Å². The van der Waals surface area contributed by atoms with Crippen LogP contribution in [0.15, 0.2) is 0 Å². The molecule has 0 heterocycles. The molecule has 0 aliphatic heterocycles. The average Bonchev–Trinajstić information content (AvgIpc) is 2.46. The van der Waals surface area contributed by atoms with Gasteiger partial charge in [0.25, 0.3) is 0 Å². The molecule has 0 bridgehead atoms. The van der Waals surface area contributed by atoms with E-state index in [9.17, 15) is 0 Å². The summed E-state index contributed by atoms with van der Waals surface area (Å²) in [5.74, 6) is 0. The smallest absolute Gasteiger partial charge is 0.0168 e. The standard InChI is InChI=1S/C17H32P/c1-2-5-9-13-16(12-8-4-1)18-17-14-10-6-3-7-11-15-17/h16-17H,1-15H2. The highest BCUT2D eigenvalue weighted by molar-refractivity contribution is 7.39. The highest BCUT2D eigenvalue weighted by Crippen LogP contribution is 2.39. The third kappa shape index (κ3) is 6.05. The summed E-state index contributed by atoms with van der Waals surface area (Å²) in [6.07, 6.45) is 22.8. The third-order valence-electron chi connectivity index (χ3n) is 4.82. The molecule has 2 aliphatic carbocycles. The first kappa shape index (κ1) is 14.8. The van der Waals surface area contributed by atoms with Crippen molar-refractivity contribution in [3.05, 3.63) is 0 Å². The number of hydrogen-bond donors (Lipinski definition) is 0. The van der Waals surface area contributed by atoms with E-state index < -0.39 is 0 Å². The first-order chi connectivity index (χ1) is 8.95. The lowest BCUT2D eigenvalue weighted by molar-refractivity contribution is 0.507. The second kappa shape index (κ2) is 9.35. The number of rotatable bonds is 2. The average molecular weight is 267 g/mol. The molecule has 0 unspecified atom stereocenters. The molecule has 2 fully saturated rings. The Morgan fingerprint density at radius 3 is 1.00 bits per heavy atom. The molecule has 0 saturated heterocycles. The Morgan fingerprint density at radius 1 is 0.389 bits per heavy atom. The minimum atomic E-state index is 1.06. The van der Waals surface area contributed by atoms with Crippen LogP contribution in [0.1, 0.15) is 96.3 Å². The fourth-order valence-electron chi connectivity index (χ4n) is 3.64. The first-order valence-electron chi connectivity index (χ1n) is 8.65. The zero-order valence-electron chi connectivity index (χ0n) is 12.2. The van der Waals surface area contributed by atoms with Gasteiger partial charge in [0.1, 0.15) is 0 Å². The Kier molecular flexibility index (Phi) is 7.71. The maximum atomic E-state index is 1.85. The molecule has 0 spiro atoms. The van der Waals surface area contributed by atoms with E-state index in [4.69, 9.17) is 0 Å². The highest BCUT2D eigenvalue weighted by Gasteiger charge is 2.18. The molecule has 0 atom stereocenters. The Morgan fingerprint density at radius 2 is 0.667 bits per heavy atom. The van der Waals surface area contributed by atoms with Gasteiger partial charge in [0, 0.05) is 0 Å². The summed E-state index contributed by atoms with van der Waals surface area (Å²) in [4.78, 5) is 0. The van der Waals surface area contributed by atoms with Crippen molar-refractivity contribution in [3.63, 3.8) is 0 Å². The maximum absolute atomic E-state index is 1.85. The summed E-state index contributed by atoms with van der Waals surface area (Å²) in [5.41, 5.74) is 2.13. The molecule has 105 valence electrons. The van der Waals surface area contributed by atoms with E-state index in [2.05, 4.69) is 0 Å². The van der Waals surface area contributed by atoms with Gasteiger partial charge in [-0.1, -0.05) is 79.2 Å². The van der Waals surface area contributed by atoms with Crippen molar-refractivity contribution >= 4 is 8.58 Å². The van der Waals surface area contributed by atoms with Gasteiger partial charge in [0.2, 0.25) is 0 Å². The normalized spacial score (nSPS) is 27.3. The van der Waals surface area contributed by atoms with Gasteiger partial charge in [0.05, 0.1) is 0 Å². The largest absolute Gasteiger partial charge is 0.0741 e. The summed E-state index contributed by atoms with van der Waals surface area (Å²) in [5, 5.41) is 0.